The summed E-state index contributed by atoms with van der Waals surface area (Å²) in [6.45, 7) is 2.15. The number of aromatic nitrogens is 1. The van der Waals surface area contributed by atoms with E-state index in [-0.39, 0.29) is 12.6 Å². The molecule has 1 aromatic rings. The van der Waals surface area contributed by atoms with Gasteiger partial charge in [-0.15, -0.1) is 5.10 Å². The summed E-state index contributed by atoms with van der Waals surface area (Å²) in [6.07, 6.45) is 11.9. The number of ether oxygens (including phenoxy) is 1. The van der Waals surface area contributed by atoms with Crippen LogP contribution in [-0.2, 0) is 0 Å². The minimum atomic E-state index is 0.214. The first-order chi connectivity index (χ1) is 15.3. The van der Waals surface area contributed by atoms with Gasteiger partial charge in [-0.1, -0.05) is 32.1 Å². The highest BCUT2D eigenvalue weighted by Gasteiger charge is 2.19. The van der Waals surface area contributed by atoms with Crippen LogP contribution in [0.15, 0.2) is 22.9 Å². The van der Waals surface area contributed by atoms with Crippen LogP contribution < -0.4 is 27.9 Å². The standard InChI is InChI=1S/C23H40N8O/c1-16-21(32-18-10-4-3-5-11-18)13-12-19(28-16)23(25)20(30(2)26)15-31(27)29-22(24)14-17-8-6-7-9-17/h12-13,17-18H,3-11,14-15,25-27H2,1-2H3,(H2,24,29)/b23-20-. The van der Waals surface area contributed by atoms with Crippen molar-refractivity contribution in [1.29, 1.82) is 0 Å². The van der Waals surface area contributed by atoms with Gasteiger partial charge in [-0.3, -0.25) is 0 Å². The molecule has 0 unspecified atom stereocenters. The Bertz CT molecular complexity index is 810. The van der Waals surface area contributed by atoms with Crippen molar-refractivity contribution in [2.45, 2.75) is 77.2 Å². The third-order valence-electron chi connectivity index (χ3n) is 6.44. The molecule has 2 fully saturated rings. The average Bonchev–Trinajstić information content (AvgIpc) is 3.26. The first-order valence-electron chi connectivity index (χ1n) is 11.8. The summed E-state index contributed by atoms with van der Waals surface area (Å²) in [7, 11) is 1.72. The monoisotopic (exact) mass is 444 g/mol. The lowest BCUT2D eigenvalue weighted by atomic mass is 9.98. The lowest BCUT2D eigenvalue weighted by molar-refractivity contribution is 0.153. The molecule has 0 spiro atoms. The number of nitrogens with two attached hydrogens (primary N) is 4. The number of hydrazine groups is 2. The average molecular weight is 445 g/mol. The predicted molar refractivity (Wildman–Crippen MR) is 129 cm³/mol. The van der Waals surface area contributed by atoms with Crippen LogP contribution in [0.4, 0.5) is 0 Å². The zero-order valence-corrected chi connectivity index (χ0v) is 19.6. The molecule has 0 saturated heterocycles. The first-order valence-corrected chi connectivity index (χ1v) is 11.8. The number of aryl methyl sites for hydroxylation is 1. The van der Waals surface area contributed by atoms with Gasteiger partial charge in [0, 0.05) is 13.5 Å². The number of hydrazone groups is 1. The minimum Gasteiger partial charge on any atom is -0.489 e. The van der Waals surface area contributed by atoms with Gasteiger partial charge in [0.1, 0.15) is 11.6 Å². The van der Waals surface area contributed by atoms with Crippen molar-refractivity contribution < 1.29 is 4.74 Å². The van der Waals surface area contributed by atoms with Crippen molar-refractivity contribution in [3.05, 3.63) is 29.2 Å². The molecule has 0 radical (unpaired) electrons. The minimum absolute atomic E-state index is 0.214. The van der Waals surface area contributed by atoms with E-state index >= 15 is 0 Å². The summed E-state index contributed by atoms with van der Waals surface area (Å²) in [6, 6.07) is 3.80. The summed E-state index contributed by atoms with van der Waals surface area (Å²) < 4.78 is 6.18. The largest absolute Gasteiger partial charge is 0.489 e. The Morgan fingerprint density at radius 1 is 1.06 bits per heavy atom. The highest BCUT2D eigenvalue weighted by atomic mass is 16.5. The Labute approximate surface area is 191 Å². The van der Waals surface area contributed by atoms with E-state index < -0.39 is 0 Å². The van der Waals surface area contributed by atoms with Gasteiger partial charge in [0.2, 0.25) is 0 Å². The number of hydrogen-bond donors (Lipinski definition) is 4. The molecule has 2 saturated carbocycles. The van der Waals surface area contributed by atoms with Crippen molar-refractivity contribution in [2.24, 2.45) is 34.2 Å². The van der Waals surface area contributed by atoms with Gasteiger partial charge in [-0.2, -0.15) is 0 Å². The quantitative estimate of drug-likeness (QED) is 0.197. The Kier molecular flexibility index (Phi) is 8.58. The molecule has 2 aliphatic carbocycles. The van der Waals surface area contributed by atoms with Gasteiger partial charge in [-0.25, -0.2) is 21.8 Å². The number of amidine groups is 1. The molecule has 8 N–H and O–H groups in total. The van der Waals surface area contributed by atoms with E-state index in [1.165, 1.54) is 55.1 Å². The van der Waals surface area contributed by atoms with Crippen LogP contribution in [0.25, 0.3) is 5.70 Å². The van der Waals surface area contributed by atoms with Gasteiger partial charge in [-0.05, 0) is 50.7 Å². The summed E-state index contributed by atoms with van der Waals surface area (Å²) in [5.74, 6) is 14.1. The number of pyridine rings is 1. The van der Waals surface area contributed by atoms with Crippen molar-refractivity contribution in [3.63, 3.8) is 0 Å². The molecule has 0 aromatic carbocycles. The van der Waals surface area contributed by atoms with Crippen molar-refractivity contribution in [2.75, 3.05) is 13.6 Å². The number of likely N-dealkylation sites (N-methyl/N-ethyl adjacent to an activating group) is 1. The van der Waals surface area contributed by atoms with E-state index in [0.29, 0.717) is 28.8 Å². The second-order valence-electron chi connectivity index (χ2n) is 9.17. The van der Waals surface area contributed by atoms with E-state index in [1.54, 1.807) is 7.05 Å². The number of hydrogen-bond acceptors (Lipinski definition) is 8. The SMILES string of the molecule is Cc1nc(/C(N)=C(\CN(N)/N=C(\N)CC2CCCC2)N(C)N)ccc1OC1CCCCC1. The molecule has 1 aromatic heterocycles. The summed E-state index contributed by atoms with van der Waals surface area (Å²) in [5, 5.41) is 7.07. The third kappa shape index (κ3) is 6.74. The molecule has 0 atom stereocenters. The second kappa shape index (κ2) is 11.4. The number of rotatable bonds is 9. The predicted octanol–water partition coefficient (Wildman–Crippen LogP) is 2.56. The van der Waals surface area contributed by atoms with Gasteiger partial charge < -0.3 is 21.2 Å². The van der Waals surface area contributed by atoms with E-state index in [9.17, 15) is 0 Å². The highest BCUT2D eigenvalue weighted by Crippen LogP contribution is 2.28. The van der Waals surface area contributed by atoms with Crippen LogP contribution in [0.5, 0.6) is 5.75 Å². The molecule has 2 aliphatic rings. The molecule has 1 heterocycles. The molecular weight excluding hydrogens is 404 g/mol. The molecule has 9 heteroatoms. The summed E-state index contributed by atoms with van der Waals surface area (Å²) in [4.78, 5) is 4.67. The zero-order chi connectivity index (χ0) is 23.1. The van der Waals surface area contributed by atoms with Crippen LogP contribution in [0.1, 0.15) is 75.6 Å². The van der Waals surface area contributed by atoms with Crippen LogP contribution in [0.2, 0.25) is 0 Å². The molecular formula is C23H40N8O. The zero-order valence-electron chi connectivity index (χ0n) is 19.6. The Balaban J connectivity index is 1.69. The maximum Gasteiger partial charge on any atom is 0.140 e. The lowest BCUT2D eigenvalue weighted by Crippen LogP contribution is -2.38. The van der Waals surface area contributed by atoms with Crippen LogP contribution in [-0.4, -0.2) is 40.6 Å². The van der Waals surface area contributed by atoms with Crippen molar-refractivity contribution >= 4 is 11.5 Å². The second-order valence-corrected chi connectivity index (χ2v) is 9.17. The fraction of sp³-hybridized carbons (Fsp3) is 0.652. The molecule has 3 rings (SSSR count). The van der Waals surface area contributed by atoms with E-state index in [4.69, 9.17) is 27.9 Å². The van der Waals surface area contributed by atoms with Crippen LogP contribution in [0, 0.1) is 12.8 Å². The third-order valence-corrected chi connectivity index (χ3v) is 6.44. The van der Waals surface area contributed by atoms with Crippen LogP contribution in [0.3, 0.4) is 0 Å². The summed E-state index contributed by atoms with van der Waals surface area (Å²) >= 11 is 0. The Morgan fingerprint density at radius 2 is 1.72 bits per heavy atom. The lowest BCUT2D eigenvalue weighted by Gasteiger charge is -2.25. The van der Waals surface area contributed by atoms with Gasteiger partial charge in [0.05, 0.1) is 35.4 Å². The maximum absolute atomic E-state index is 6.45. The van der Waals surface area contributed by atoms with Gasteiger partial charge in [0.15, 0.2) is 0 Å². The van der Waals surface area contributed by atoms with Gasteiger partial charge in [0.25, 0.3) is 0 Å². The fourth-order valence-electron chi connectivity index (χ4n) is 4.62. The normalized spacial score (nSPS) is 19.1. The Morgan fingerprint density at radius 3 is 2.34 bits per heavy atom. The molecule has 0 bridgehead atoms. The molecule has 0 amide bonds. The number of nitrogens with zero attached hydrogens (tertiary/aromatic N) is 4. The highest BCUT2D eigenvalue weighted by molar-refractivity contribution is 5.80. The van der Waals surface area contributed by atoms with Crippen molar-refractivity contribution in [1.82, 2.24) is 15.1 Å². The fourth-order valence-corrected chi connectivity index (χ4v) is 4.62. The maximum atomic E-state index is 6.45. The van der Waals surface area contributed by atoms with Gasteiger partial charge >= 0.3 is 0 Å². The topological polar surface area (TPSA) is 145 Å². The van der Waals surface area contributed by atoms with E-state index in [2.05, 4.69) is 10.1 Å². The summed E-state index contributed by atoms with van der Waals surface area (Å²) in [5.41, 5.74) is 15.1. The smallest absolute Gasteiger partial charge is 0.140 e. The molecule has 178 valence electrons. The first kappa shape index (κ1) is 24.1. The molecule has 32 heavy (non-hydrogen) atoms. The molecule has 9 nitrogen and oxygen atoms in total. The van der Waals surface area contributed by atoms with Crippen molar-refractivity contribution in [3.8, 4) is 5.75 Å². The Hall–Kier alpha value is -2.52. The molecule has 0 aliphatic heterocycles. The van der Waals surface area contributed by atoms with E-state index in [0.717, 1.165) is 30.7 Å². The van der Waals surface area contributed by atoms with E-state index in [1.807, 2.05) is 19.1 Å². The van der Waals surface area contributed by atoms with Crippen LogP contribution >= 0.6 is 0 Å².